The van der Waals surface area contributed by atoms with E-state index in [1.807, 2.05) is 30.3 Å². The van der Waals surface area contributed by atoms with Crippen LogP contribution in [0.1, 0.15) is 30.8 Å². The van der Waals surface area contributed by atoms with E-state index in [1.54, 1.807) is 6.20 Å². The van der Waals surface area contributed by atoms with Crippen LogP contribution in [0, 0.1) is 5.92 Å². The van der Waals surface area contributed by atoms with Gasteiger partial charge < -0.3 is 9.55 Å². The number of thioether (sulfide) groups is 1. The lowest BCUT2D eigenvalue weighted by molar-refractivity contribution is 0.101. The molecule has 0 aliphatic rings. The van der Waals surface area contributed by atoms with Gasteiger partial charge in [0, 0.05) is 12.7 Å². The van der Waals surface area contributed by atoms with Crippen molar-refractivity contribution in [1.29, 1.82) is 0 Å². The Labute approximate surface area is 140 Å². The van der Waals surface area contributed by atoms with Gasteiger partial charge in [0.25, 0.3) is 0 Å². The third-order valence-electron chi connectivity index (χ3n) is 3.78. The Morgan fingerprint density at radius 3 is 2.83 bits per heavy atom. The molecule has 1 N–H and O–H groups in total. The molecule has 5 heteroatoms. The minimum atomic E-state index is 0.0995. The number of carbonyl (C=O) groups is 1. The maximum atomic E-state index is 12.2. The zero-order valence-electron chi connectivity index (χ0n) is 13.5. The highest BCUT2D eigenvalue weighted by molar-refractivity contribution is 7.99. The van der Waals surface area contributed by atoms with Gasteiger partial charge in [0.1, 0.15) is 0 Å². The maximum Gasteiger partial charge on any atom is 0.189 e. The van der Waals surface area contributed by atoms with Gasteiger partial charge in [0.2, 0.25) is 0 Å². The second-order valence-corrected chi connectivity index (χ2v) is 6.96. The van der Waals surface area contributed by atoms with Crippen LogP contribution in [0.4, 0.5) is 0 Å². The number of ketones is 1. The van der Waals surface area contributed by atoms with Crippen LogP contribution in [0.15, 0.2) is 47.8 Å². The summed E-state index contributed by atoms with van der Waals surface area (Å²) < 4.78 is 2.24. The topological polar surface area (TPSA) is 50.7 Å². The van der Waals surface area contributed by atoms with Gasteiger partial charge in [-0.2, -0.15) is 0 Å². The molecule has 2 aromatic heterocycles. The number of Topliss-reactive ketones (excluding diaryl/α,β-unsaturated/α-hetero) is 1. The van der Waals surface area contributed by atoms with Crippen molar-refractivity contribution in [1.82, 2.24) is 14.5 Å². The van der Waals surface area contributed by atoms with E-state index in [4.69, 9.17) is 4.98 Å². The quantitative estimate of drug-likeness (QED) is 0.517. The van der Waals surface area contributed by atoms with Gasteiger partial charge >= 0.3 is 0 Å². The predicted octanol–water partition coefficient (Wildman–Crippen LogP) is 4.39. The first-order chi connectivity index (χ1) is 11.1. The summed E-state index contributed by atoms with van der Waals surface area (Å²) >= 11 is 1.51. The van der Waals surface area contributed by atoms with Crippen LogP contribution in [0.2, 0.25) is 0 Å². The summed E-state index contributed by atoms with van der Waals surface area (Å²) in [4.78, 5) is 19.9. The number of imidazole rings is 1. The van der Waals surface area contributed by atoms with Gasteiger partial charge in [-0.3, -0.25) is 4.79 Å². The molecule has 0 saturated heterocycles. The molecule has 23 heavy (non-hydrogen) atoms. The number of fused-ring (bicyclic) bond motifs is 1. The van der Waals surface area contributed by atoms with Gasteiger partial charge in [-0.25, -0.2) is 4.98 Å². The van der Waals surface area contributed by atoms with Crippen LogP contribution in [-0.4, -0.2) is 26.1 Å². The van der Waals surface area contributed by atoms with Gasteiger partial charge in [-0.05, 0) is 36.6 Å². The number of hydrogen-bond donors (Lipinski definition) is 1. The van der Waals surface area contributed by atoms with Crippen molar-refractivity contribution >= 4 is 28.6 Å². The fourth-order valence-corrected chi connectivity index (χ4v) is 3.40. The highest BCUT2D eigenvalue weighted by Crippen LogP contribution is 2.25. The second kappa shape index (κ2) is 7.04. The fourth-order valence-electron chi connectivity index (χ4n) is 2.48. The maximum absolute atomic E-state index is 12.2. The first-order valence-corrected chi connectivity index (χ1v) is 8.88. The highest BCUT2D eigenvalue weighted by atomic mass is 32.2. The van der Waals surface area contributed by atoms with E-state index in [-0.39, 0.29) is 5.78 Å². The van der Waals surface area contributed by atoms with Crippen LogP contribution in [0.25, 0.3) is 11.0 Å². The zero-order chi connectivity index (χ0) is 16.2. The third-order valence-corrected chi connectivity index (χ3v) is 4.76. The molecular formula is C18H21N3OS. The Balaban J connectivity index is 1.81. The summed E-state index contributed by atoms with van der Waals surface area (Å²) in [6.07, 6.45) is 2.87. The first-order valence-electron chi connectivity index (χ1n) is 7.90. The number of rotatable bonds is 7. The molecule has 0 aliphatic heterocycles. The van der Waals surface area contributed by atoms with Crippen molar-refractivity contribution in [2.75, 3.05) is 5.75 Å². The number of aromatic amines is 1. The van der Waals surface area contributed by atoms with Gasteiger partial charge in [-0.15, -0.1) is 0 Å². The minimum absolute atomic E-state index is 0.0995. The molecule has 0 radical (unpaired) electrons. The Hall–Kier alpha value is -2.01. The molecule has 0 amide bonds. The van der Waals surface area contributed by atoms with Crippen LogP contribution < -0.4 is 0 Å². The van der Waals surface area contributed by atoms with E-state index in [1.165, 1.54) is 11.8 Å². The summed E-state index contributed by atoms with van der Waals surface area (Å²) in [5, 5.41) is 0.923. The van der Waals surface area contributed by atoms with Gasteiger partial charge in [0.05, 0.1) is 22.5 Å². The molecule has 0 unspecified atom stereocenters. The van der Waals surface area contributed by atoms with Crippen molar-refractivity contribution in [2.24, 2.45) is 5.92 Å². The van der Waals surface area contributed by atoms with E-state index in [0.717, 1.165) is 29.2 Å². The molecule has 120 valence electrons. The summed E-state index contributed by atoms with van der Waals surface area (Å²) in [5.41, 5.74) is 2.79. The number of para-hydroxylation sites is 2. The molecule has 4 nitrogen and oxygen atoms in total. The van der Waals surface area contributed by atoms with E-state index in [0.29, 0.717) is 17.4 Å². The summed E-state index contributed by atoms with van der Waals surface area (Å²) in [5.74, 6) is 1.13. The Kier molecular flexibility index (Phi) is 4.86. The van der Waals surface area contributed by atoms with Crippen molar-refractivity contribution in [2.45, 2.75) is 32.0 Å². The Bertz CT molecular complexity index is 790. The average Bonchev–Trinajstić information content (AvgIpc) is 3.18. The number of aryl methyl sites for hydroxylation is 1. The second-order valence-electron chi connectivity index (χ2n) is 6.01. The SMILES string of the molecule is CC(C)CCn1c(SCC(=O)c2ccc[nH]2)nc2ccccc21. The molecule has 0 fully saturated rings. The number of H-pyrrole nitrogens is 1. The number of nitrogens with zero attached hydrogens (tertiary/aromatic N) is 2. The Morgan fingerprint density at radius 2 is 2.09 bits per heavy atom. The standard InChI is InChI=1S/C18H21N3OS/c1-13(2)9-11-21-16-8-4-3-6-14(16)20-18(21)23-12-17(22)15-7-5-10-19-15/h3-8,10,13,19H,9,11-12H2,1-2H3. The van der Waals surface area contributed by atoms with Gasteiger partial charge in [-0.1, -0.05) is 37.7 Å². The number of benzene rings is 1. The molecule has 0 aliphatic carbocycles. The highest BCUT2D eigenvalue weighted by Gasteiger charge is 2.14. The summed E-state index contributed by atoms with van der Waals surface area (Å²) in [7, 11) is 0. The molecule has 0 bridgehead atoms. The molecule has 3 rings (SSSR count). The van der Waals surface area contributed by atoms with Crippen molar-refractivity contribution in [3.05, 3.63) is 48.3 Å². The van der Waals surface area contributed by atoms with E-state index >= 15 is 0 Å². The molecule has 3 aromatic rings. The minimum Gasteiger partial charge on any atom is -0.359 e. The Morgan fingerprint density at radius 1 is 1.26 bits per heavy atom. The lowest BCUT2D eigenvalue weighted by Gasteiger charge is -2.10. The fraction of sp³-hybridized carbons (Fsp3) is 0.333. The smallest absolute Gasteiger partial charge is 0.189 e. The van der Waals surface area contributed by atoms with E-state index < -0.39 is 0 Å². The number of nitrogens with one attached hydrogen (secondary N) is 1. The average molecular weight is 327 g/mol. The number of aromatic nitrogens is 3. The lowest BCUT2D eigenvalue weighted by atomic mass is 10.1. The predicted molar refractivity (Wildman–Crippen MR) is 95.0 cm³/mol. The number of hydrogen-bond acceptors (Lipinski definition) is 3. The zero-order valence-corrected chi connectivity index (χ0v) is 14.3. The normalized spacial score (nSPS) is 11.4. The molecular weight excluding hydrogens is 306 g/mol. The summed E-state index contributed by atoms with van der Waals surface area (Å²) in [6, 6.07) is 11.8. The van der Waals surface area contributed by atoms with Crippen LogP contribution >= 0.6 is 11.8 Å². The molecule has 1 aromatic carbocycles. The molecule has 0 spiro atoms. The lowest BCUT2D eigenvalue weighted by Crippen LogP contribution is -2.06. The number of carbonyl (C=O) groups excluding carboxylic acids is 1. The monoisotopic (exact) mass is 327 g/mol. The van der Waals surface area contributed by atoms with E-state index in [9.17, 15) is 4.79 Å². The van der Waals surface area contributed by atoms with Crippen LogP contribution in [-0.2, 0) is 6.54 Å². The van der Waals surface area contributed by atoms with Crippen LogP contribution in [0.3, 0.4) is 0 Å². The van der Waals surface area contributed by atoms with Crippen molar-refractivity contribution in [3.8, 4) is 0 Å². The van der Waals surface area contributed by atoms with Crippen molar-refractivity contribution in [3.63, 3.8) is 0 Å². The summed E-state index contributed by atoms with van der Waals surface area (Å²) in [6.45, 7) is 5.37. The van der Waals surface area contributed by atoms with Crippen molar-refractivity contribution < 1.29 is 4.79 Å². The third kappa shape index (κ3) is 3.67. The molecule has 0 saturated carbocycles. The van der Waals surface area contributed by atoms with Crippen LogP contribution in [0.5, 0.6) is 0 Å². The largest absolute Gasteiger partial charge is 0.359 e. The first kappa shape index (κ1) is 15.9. The molecule has 2 heterocycles. The van der Waals surface area contributed by atoms with E-state index in [2.05, 4.69) is 29.5 Å². The molecule has 0 atom stereocenters. The van der Waals surface area contributed by atoms with Gasteiger partial charge in [0.15, 0.2) is 10.9 Å².